The molecule has 2 N–H and O–H groups in total. The lowest BCUT2D eigenvalue weighted by molar-refractivity contribution is 0.180. The highest BCUT2D eigenvalue weighted by molar-refractivity contribution is 9.10. The van der Waals surface area contributed by atoms with Crippen LogP contribution in [0.25, 0.3) is 0 Å². The first kappa shape index (κ1) is 15.4. The highest BCUT2D eigenvalue weighted by atomic mass is 79.9. The molecular formula is C16H17BrClNO. The monoisotopic (exact) mass is 353 g/mol. The second-order valence-electron chi connectivity index (χ2n) is 4.83. The molecule has 0 aliphatic heterocycles. The molecule has 20 heavy (non-hydrogen) atoms. The van der Waals surface area contributed by atoms with Crippen molar-refractivity contribution in [1.82, 2.24) is 0 Å². The number of aryl methyl sites for hydroxylation is 1. The summed E-state index contributed by atoms with van der Waals surface area (Å²) in [5, 5.41) is 0.576. The Balaban J connectivity index is 2.36. The van der Waals surface area contributed by atoms with Gasteiger partial charge in [-0.1, -0.05) is 51.8 Å². The smallest absolute Gasteiger partial charge is 0.140 e. The molecule has 0 aliphatic rings. The zero-order valence-electron chi connectivity index (χ0n) is 11.4. The molecule has 0 fully saturated rings. The summed E-state index contributed by atoms with van der Waals surface area (Å²) < 4.78 is 6.99. The van der Waals surface area contributed by atoms with Crippen LogP contribution in [0.3, 0.4) is 0 Å². The Morgan fingerprint density at radius 2 is 1.90 bits per heavy atom. The van der Waals surface area contributed by atoms with E-state index in [4.69, 9.17) is 22.1 Å². The van der Waals surface area contributed by atoms with Crippen molar-refractivity contribution >= 4 is 27.5 Å². The molecule has 2 aromatic rings. The molecule has 2 rings (SSSR count). The fraction of sp³-hybridized carbons (Fsp3) is 0.250. The second kappa shape index (κ2) is 6.61. The van der Waals surface area contributed by atoms with Crippen LogP contribution in [0.5, 0.6) is 5.75 Å². The van der Waals surface area contributed by atoms with Gasteiger partial charge in [0, 0.05) is 10.5 Å². The highest BCUT2D eigenvalue weighted by Gasteiger charge is 2.21. The first-order valence-corrected chi connectivity index (χ1v) is 7.59. The Hall–Kier alpha value is -1.03. The van der Waals surface area contributed by atoms with E-state index in [9.17, 15) is 0 Å². The topological polar surface area (TPSA) is 35.2 Å². The van der Waals surface area contributed by atoms with Crippen LogP contribution in [0.15, 0.2) is 46.9 Å². The van der Waals surface area contributed by atoms with E-state index in [-0.39, 0.29) is 12.1 Å². The van der Waals surface area contributed by atoms with Gasteiger partial charge >= 0.3 is 0 Å². The molecule has 2 atom stereocenters. The fourth-order valence-electron chi connectivity index (χ4n) is 2.06. The van der Waals surface area contributed by atoms with Crippen molar-refractivity contribution in [2.75, 3.05) is 0 Å². The Bertz CT molecular complexity index is 601. The van der Waals surface area contributed by atoms with Gasteiger partial charge in [0.15, 0.2) is 0 Å². The zero-order valence-corrected chi connectivity index (χ0v) is 13.8. The summed E-state index contributed by atoms with van der Waals surface area (Å²) in [7, 11) is 0. The van der Waals surface area contributed by atoms with Crippen LogP contribution >= 0.6 is 27.5 Å². The van der Waals surface area contributed by atoms with Crippen LogP contribution in [0, 0.1) is 6.92 Å². The fourth-order valence-corrected chi connectivity index (χ4v) is 2.57. The molecule has 4 heteroatoms. The quantitative estimate of drug-likeness (QED) is 0.849. The van der Waals surface area contributed by atoms with Gasteiger partial charge in [-0.05, 0) is 43.2 Å². The molecule has 0 radical (unpaired) electrons. The number of benzene rings is 2. The van der Waals surface area contributed by atoms with E-state index in [1.807, 2.05) is 37.3 Å². The number of rotatable bonds is 4. The molecule has 0 aromatic heterocycles. The van der Waals surface area contributed by atoms with E-state index in [1.54, 1.807) is 6.07 Å². The minimum atomic E-state index is -0.233. The molecule has 0 spiro atoms. The van der Waals surface area contributed by atoms with E-state index >= 15 is 0 Å². The van der Waals surface area contributed by atoms with Gasteiger partial charge in [0.2, 0.25) is 0 Å². The molecule has 0 heterocycles. The highest BCUT2D eigenvalue weighted by Crippen LogP contribution is 2.33. The van der Waals surface area contributed by atoms with Crippen LogP contribution in [0.4, 0.5) is 0 Å². The minimum Gasteiger partial charge on any atom is -0.483 e. The van der Waals surface area contributed by atoms with Gasteiger partial charge < -0.3 is 10.5 Å². The van der Waals surface area contributed by atoms with E-state index in [0.717, 1.165) is 15.6 Å². The Morgan fingerprint density at radius 3 is 2.55 bits per heavy atom. The SMILES string of the molecule is Cc1ccccc1C(Oc1cc(Br)ccc1Cl)C(C)N. The van der Waals surface area contributed by atoms with Gasteiger partial charge in [-0.25, -0.2) is 0 Å². The molecule has 0 aliphatic carbocycles. The molecule has 0 saturated heterocycles. The largest absolute Gasteiger partial charge is 0.483 e. The van der Waals surface area contributed by atoms with Crippen LogP contribution < -0.4 is 10.5 Å². The van der Waals surface area contributed by atoms with Crippen molar-refractivity contribution in [2.24, 2.45) is 5.73 Å². The van der Waals surface area contributed by atoms with E-state index in [1.165, 1.54) is 0 Å². The molecule has 0 amide bonds. The number of halogens is 2. The zero-order chi connectivity index (χ0) is 14.7. The molecule has 2 aromatic carbocycles. The van der Waals surface area contributed by atoms with Crippen molar-refractivity contribution in [3.63, 3.8) is 0 Å². The lowest BCUT2D eigenvalue weighted by Gasteiger charge is -2.25. The first-order chi connectivity index (χ1) is 9.49. The van der Waals surface area contributed by atoms with Gasteiger partial charge in [-0.3, -0.25) is 0 Å². The maximum absolute atomic E-state index is 6.19. The van der Waals surface area contributed by atoms with E-state index in [2.05, 4.69) is 28.9 Å². The summed E-state index contributed by atoms with van der Waals surface area (Å²) in [6.45, 7) is 3.99. The summed E-state index contributed by atoms with van der Waals surface area (Å²) in [5.74, 6) is 0.631. The Kier molecular flexibility index (Phi) is 5.08. The van der Waals surface area contributed by atoms with E-state index in [0.29, 0.717) is 10.8 Å². The van der Waals surface area contributed by atoms with Crippen LogP contribution in [-0.2, 0) is 0 Å². The van der Waals surface area contributed by atoms with E-state index < -0.39 is 0 Å². The van der Waals surface area contributed by atoms with Gasteiger partial charge in [-0.15, -0.1) is 0 Å². The lowest BCUT2D eigenvalue weighted by atomic mass is 9.99. The molecule has 2 unspecified atom stereocenters. The molecule has 106 valence electrons. The Morgan fingerprint density at radius 1 is 1.20 bits per heavy atom. The summed E-state index contributed by atoms with van der Waals surface area (Å²) in [5.41, 5.74) is 8.33. The van der Waals surface area contributed by atoms with Crippen LogP contribution in [0.2, 0.25) is 5.02 Å². The van der Waals surface area contributed by atoms with Crippen LogP contribution in [-0.4, -0.2) is 6.04 Å². The predicted molar refractivity (Wildman–Crippen MR) is 87.3 cm³/mol. The number of hydrogen-bond donors (Lipinski definition) is 1. The van der Waals surface area contributed by atoms with Gasteiger partial charge in [0.1, 0.15) is 11.9 Å². The summed E-state index contributed by atoms with van der Waals surface area (Å²) in [6.07, 6.45) is -0.233. The van der Waals surface area contributed by atoms with Crippen molar-refractivity contribution in [1.29, 1.82) is 0 Å². The molecule has 2 nitrogen and oxygen atoms in total. The maximum Gasteiger partial charge on any atom is 0.140 e. The molecule has 0 saturated carbocycles. The average molecular weight is 355 g/mol. The Labute approximate surface area is 133 Å². The lowest BCUT2D eigenvalue weighted by Crippen LogP contribution is -2.29. The average Bonchev–Trinajstić information content (AvgIpc) is 2.40. The third-order valence-corrected chi connectivity index (χ3v) is 3.93. The standard InChI is InChI=1S/C16H17BrClNO/c1-10-5-3-4-6-13(10)16(11(2)19)20-15-9-12(17)7-8-14(15)18/h3-9,11,16H,19H2,1-2H3. The normalized spacial score (nSPS) is 13.8. The predicted octanol–water partition coefficient (Wildman–Crippen LogP) is 4.88. The maximum atomic E-state index is 6.19. The van der Waals surface area contributed by atoms with Crippen molar-refractivity contribution in [2.45, 2.75) is 26.0 Å². The molecular weight excluding hydrogens is 338 g/mol. The van der Waals surface area contributed by atoms with Crippen molar-refractivity contribution < 1.29 is 4.74 Å². The van der Waals surface area contributed by atoms with Gasteiger partial charge in [-0.2, -0.15) is 0 Å². The third-order valence-electron chi connectivity index (χ3n) is 3.12. The van der Waals surface area contributed by atoms with Crippen LogP contribution in [0.1, 0.15) is 24.2 Å². The van der Waals surface area contributed by atoms with Gasteiger partial charge in [0.25, 0.3) is 0 Å². The van der Waals surface area contributed by atoms with Crippen molar-refractivity contribution in [3.05, 3.63) is 63.1 Å². The number of hydrogen-bond acceptors (Lipinski definition) is 2. The molecule has 0 bridgehead atoms. The van der Waals surface area contributed by atoms with Crippen molar-refractivity contribution in [3.8, 4) is 5.75 Å². The number of ether oxygens (including phenoxy) is 1. The van der Waals surface area contributed by atoms with Gasteiger partial charge in [0.05, 0.1) is 5.02 Å². The second-order valence-corrected chi connectivity index (χ2v) is 6.15. The summed E-state index contributed by atoms with van der Waals surface area (Å²) in [4.78, 5) is 0. The number of nitrogens with two attached hydrogens (primary N) is 1. The third kappa shape index (κ3) is 3.54. The minimum absolute atomic E-state index is 0.147. The first-order valence-electron chi connectivity index (χ1n) is 6.42. The summed E-state index contributed by atoms with van der Waals surface area (Å²) >= 11 is 9.61. The summed E-state index contributed by atoms with van der Waals surface area (Å²) in [6, 6.07) is 13.5.